The van der Waals surface area contributed by atoms with E-state index in [9.17, 15) is 23.9 Å². The van der Waals surface area contributed by atoms with Gasteiger partial charge in [0.2, 0.25) is 0 Å². The highest BCUT2D eigenvalue weighted by atomic mass is 35.5. The molecule has 0 amide bonds. The Balaban J connectivity index is 1.48. The molecule has 0 aliphatic carbocycles. The van der Waals surface area contributed by atoms with Gasteiger partial charge in [-0.15, -0.1) is 11.3 Å². The number of ether oxygens (including phenoxy) is 3. The van der Waals surface area contributed by atoms with Crippen molar-refractivity contribution in [2.45, 2.75) is 18.5 Å². The lowest BCUT2D eigenvalue weighted by Gasteiger charge is -2.28. The third kappa shape index (κ3) is 6.34. The Hall–Kier alpha value is -4.17. The number of amidine groups is 1. The number of nitrogens with zero attached hydrogens (tertiary/aromatic N) is 2. The highest BCUT2D eigenvalue weighted by molar-refractivity contribution is 7.11. The molecule has 1 saturated heterocycles. The quantitative estimate of drug-likeness (QED) is 0.268. The number of esters is 3. The van der Waals surface area contributed by atoms with Gasteiger partial charge in [0.15, 0.2) is 10.8 Å². The molecule has 3 aromatic rings. The van der Waals surface area contributed by atoms with E-state index in [1.807, 2.05) is 0 Å². The van der Waals surface area contributed by atoms with Crippen LogP contribution in [0.1, 0.15) is 32.5 Å². The molecule has 0 bridgehead atoms. The lowest BCUT2D eigenvalue weighted by atomic mass is 9.92. The largest absolute Gasteiger partial charge is 0.507 e. The number of morpholine rings is 1. The van der Waals surface area contributed by atoms with Crippen LogP contribution in [0.3, 0.4) is 0 Å². The Kier molecular flexibility index (Phi) is 8.92. The lowest BCUT2D eigenvalue weighted by molar-refractivity contribution is -0.143. The van der Waals surface area contributed by atoms with Crippen LogP contribution in [-0.2, 0) is 30.2 Å². The molecule has 0 spiro atoms. The SMILES string of the molecule is COC(=O)C1=C(Cc2ccc(C(=O)OC(=O)[C@@H]3COCCN3)c(O)c2)N=C(c2nccs2)N[C@H]1c1ccc(F)cc1Cl. The Morgan fingerprint density at radius 3 is 2.71 bits per heavy atom. The summed E-state index contributed by atoms with van der Waals surface area (Å²) in [6.45, 7) is 0.947. The average molecular weight is 615 g/mol. The minimum Gasteiger partial charge on any atom is -0.507 e. The van der Waals surface area contributed by atoms with Crippen molar-refractivity contribution in [2.75, 3.05) is 26.9 Å². The molecule has 42 heavy (non-hydrogen) atoms. The van der Waals surface area contributed by atoms with Gasteiger partial charge >= 0.3 is 17.9 Å². The number of thiazole rings is 1. The maximum absolute atomic E-state index is 13.9. The molecule has 11 nitrogen and oxygen atoms in total. The summed E-state index contributed by atoms with van der Waals surface area (Å²) in [6, 6.07) is 6.32. The molecule has 0 radical (unpaired) electrons. The smallest absolute Gasteiger partial charge is 0.349 e. The number of carbonyl (C=O) groups excluding carboxylic acids is 3. The zero-order valence-electron chi connectivity index (χ0n) is 22.1. The predicted molar refractivity (Wildman–Crippen MR) is 150 cm³/mol. The summed E-state index contributed by atoms with van der Waals surface area (Å²) >= 11 is 7.70. The summed E-state index contributed by atoms with van der Waals surface area (Å²) < 4.78 is 29.1. The lowest BCUT2D eigenvalue weighted by Crippen LogP contribution is -2.47. The first-order chi connectivity index (χ1) is 20.2. The molecule has 1 fully saturated rings. The van der Waals surface area contributed by atoms with Crippen LogP contribution in [-0.4, -0.2) is 66.7 Å². The van der Waals surface area contributed by atoms with Crippen molar-refractivity contribution in [3.8, 4) is 5.75 Å². The van der Waals surface area contributed by atoms with E-state index in [-0.39, 0.29) is 34.9 Å². The van der Waals surface area contributed by atoms with Gasteiger partial charge in [-0.2, -0.15) is 0 Å². The fourth-order valence-electron chi connectivity index (χ4n) is 4.49. The number of hydrogen-bond acceptors (Lipinski definition) is 12. The highest BCUT2D eigenvalue weighted by Crippen LogP contribution is 2.36. The number of nitrogens with one attached hydrogen (secondary N) is 2. The van der Waals surface area contributed by atoms with Crippen molar-refractivity contribution in [1.82, 2.24) is 15.6 Å². The number of phenolic OH excluding ortho intramolecular Hbond substituents is 1. The van der Waals surface area contributed by atoms with E-state index in [0.29, 0.717) is 35.1 Å². The molecule has 3 N–H and O–H groups in total. The second-order valence-electron chi connectivity index (χ2n) is 9.21. The van der Waals surface area contributed by atoms with Crippen LogP contribution in [0.5, 0.6) is 5.75 Å². The van der Waals surface area contributed by atoms with Gasteiger partial charge in [-0.05, 0) is 35.4 Å². The summed E-state index contributed by atoms with van der Waals surface area (Å²) in [5.41, 5.74) is 1.04. The maximum Gasteiger partial charge on any atom is 0.349 e. The van der Waals surface area contributed by atoms with Gasteiger partial charge in [0.05, 0.1) is 37.6 Å². The number of methoxy groups -OCH3 is 1. The molecule has 3 heterocycles. The molecule has 2 atom stereocenters. The number of rotatable bonds is 7. The van der Waals surface area contributed by atoms with E-state index in [0.717, 1.165) is 6.07 Å². The molecule has 1 aromatic heterocycles. The Bertz CT molecular complexity index is 1590. The van der Waals surface area contributed by atoms with Gasteiger partial charge in [-0.1, -0.05) is 23.7 Å². The van der Waals surface area contributed by atoms with Gasteiger partial charge < -0.3 is 30.0 Å². The summed E-state index contributed by atoms with van der Waals surface area (Å²) in [7, 11) is 1.22. The van der Waals surface area contributed by atoms with Crippen molar-refractivity contribution < 1.29 is 38.1 Å². The van der Waals surface area contributed by atoms with Crippen LogP contribution in [0.4, 0.5) is 4.39 Å². The third-order valence-electron chi connectivity index (χ3n) is 6.49. The Morgan fingerprint density at radius 1 is 1.21 bits per heavy atom. The first-order valence-corrected chi connectivity index (χ1v) is 13.9. The van der Waals surface area contributed by atoms with Crippen molar-refractivity contribution in [1.29, 1.82) is 0 Å². The maximum atomic E-state index is 13.9. The average Bonchev–Trinajstić information content (AvgIpc) is 3.52. The van der Waals surface area contributed by atoms with E-state index in [4.69, 9.17) is 25.8 Å². The standard InChI is InChI=1S/C28H24ClFN4O7S/c1-39-28(38)22-19(33-24(25-32-7-9-42-25)34-23(22)16-5-3-15(30)12-18(16)29)10-14-2-4-17(21(35)11-14)26(36)41-27(37)20-13-40-8-6-31-20/h2-5,7,9,11-12,20,23,31,35H,6,8,10,13H2,1H3,(H,33,34)/t20-,23-/m0/s1. The normalized spacial score (nSPS) is 18.6. The van der Waals surface area contributed by atoms with Crippen molar-refractivity contribution in [2.24, 2.45) is 4.99 Å². The zero-order chi connectivity index (χ0) is 29.8. The Morgan fingerprint density at radius 2 is 2.05 bits per heavy atom. The monoisotopic (exact) mass is 614 g/mol. The number of halogens is 2. The van der Waals surface area contributed by atoms with E-state index >= 15 is 0 Å². The number of aromatic nitrogens is 1. The van der Waals surface area contributed by atoms with Gasteiger partial charge in [0.1, 0.15) is 23.2 Å². The van der Waals surface area contributed by atoms with E-state index in [1.54, 1.807) is 11.6 Å². The summed E-state index contributed by atoms with van der Waals surface area (Å²) in [5, 5.41) is 19.1. The minimum atomic E-state index is -1.03. The number of hydrogen-bond donors (Lipinski definition) is 3. The van der Waals surface area contributed by atoms with Crippen molar-refractivity contribution in [3.63, 3.8) is 0 Å². The Labute approximate surface area is 248 Å². The van der Waals surface area contributed by atoms with Crippen LogP contribution in [0.25, 0.3) is 0 Å². The topological polar surface area (TPSA) is 148 Å². The first-order valence-electron chi connectivity index (χ1n) is 12.7. The third-order valence-corrected chi connectivity index (χ3v) is 7.60. The summed E-state index contributed by atoms with van der Waals surface area (Å²) in [4.78, 5) is 47.0. The summed E-state index contributed by atoms with van der Waals surface area (Å²) in [6.07, 6.45) is 1.61. The van der Waals surface area contributed by atoms with Gasteiger partial charge in [0, 0.05) is 29.6 Å². The molecule has 14 heteroatoms. The highest BCUT2D eigenvalue weighted by Gasteiger charge is 2.34. The summed E-state index contributed by atoms with van der Waals surface area (Å²) in [5.74, 6) is -3.18. The second-order valence-corrected chi connectivity index (χ2v) is 10.5. The predicted octanol–water partition coefficient (Wildman–Crippen LogP) is 3.07. The second kappa shape index (κ2) is 12.8. The van der Waals surface area contributed by atoms with E-state index in [2.05, 4.69) is 20.6 Å². The van der Waals surface area contributed by atoms with Crippen LogP contribution in [0.2, 0.25) is 5.02 Å². The van der Waals surface area contributed by atoms with Crippen molar-refractivity contribution in [3.05, 3.63) is 91.8 Å². The van der Waals surface area contributed by atoms with Gasteiger partial charge in [0.25, 0.3) is 0 Å². The zero-order valence-corrected chi connectivity index (χ0v) is 23.6. The number of carbonyl (C=O) groups is 3. The van der Waals surface area contributed by atoms with Crippen LogP contribution in [0.15, 0.2) is 64.2 Å². The molecular weight excluding hydrogens is 591 g/mol. The molecule has 2 aliphatic heterocycles. The minimum absolute atomic E-state index is 0.0153. The number of benzene rings is 2. The molecular formula is C28H24ClFN4O7S. The molecule has 2 aromatic carbocycles. The molecule has 218 valence electrons. The van der Waals surface area contributed by atoms with Crippen molar-refractivity contribution >= 4 is 46.7 Å². The number of aromatic hydroxyl groups is 1. The molecule has 0 saturated carbocycles. The van der Waals surface area contributed by atoms with Crippen LogP contribution in [0, 0.1) is 5.82 Å². The van der Waals surface area contributed by atoms with Gasteiger partial charge in [-0.3, -0.25) is 0 Å². The fraction of sp³-hybridized carbons (Fsp3) is 0.250. The van der Waals surface area contributed by atoms with E-state index in [1.165, 1.54) is 48.8 Å². The van der Waals surface area contributed by atoms with Gasteiger partial charge in [-0.25, -0.2) is 28.8 Å². The molecule has 0 unspecified atom stereocenters. The molecule has 2 aliphatic rings. The first kappa shape index (κ1) is 29.3. The number of allylic oxidation sites excluding steroid dienone is 1. The van der Waals surface area contributed by atoms with Crippen LogP contribution < -0.4 is 10.6 Å². The number of aliphatic imine (C=N–C) groups is 1. The number of phenols is 1. The fourth-order valence-corrected chi connectivity index (χ4v) is 5.35. The van der Waals surface area contributed by atoms with Crippen LogP contribution >= 0.6 is 22.9 Å². The van der Waals surface area contributed by atoms with E-state index < -0.39 is 41.6 Å². The molecule has 5 rings (SSSR count).